The molecule has 150 valence electrons. The van der Waals surface area contributed by atoms with Gasteiger partial charge in [0.2, 0.25) is 17.7 Å². The van der Waals surface area contributed by atoms with Crippen molar-refractivity contribution in [2.75, 3.05) is 37.4 Å². The standard InChI is InChI=1S/C19H26N6O3/c1-12-14(13(2)28-23-12)10-25-11-19(9-17(25)26)4-6-24(7-5-19)15-8-16(27-3)22-18(20)21-15/h8H,4-7,9-11H2,1-3H3,(H2,20,21,22). The quantitative estimate of drug-likeness (QED) is 0.845. The number of hydrogen-bond donors (Lipinski definition) is 1. The minimum absolute atomic E-state index is 0.0230. The Balaban J connectivity index is 1.43. The van der Waals surface area contributed by atoms with Crippen LogP contribution in [0.25, 0.3) is 0 Å². The molecule has 1 spiro atoms. The summed E-state index contributed by atoms with van der Waals surface area (Å²) in [6, 6.07) is 1.80. The second kappa shape index (κ2) is 6.96. The summed E-state index contributed by atoms with van der Waals surface area (Å²) in [6.07, 6.45) is 2.46. The Hall–Kier alpha value is -2.84. The number of methoxy groups -OCH3 is 1. The molecule has 2 saturated heterocycles. The van der Waals surface area contributed by atoms with Gasteiger partial charge in [0.15, 0.2) is 0 Å². The van der Waals surface area contributed by atoms with E-state index in [0.29, 0.717) is 18.8 Å². The van der Waals surface area contributed by atoms with E-state index < -0.39 is 0 Å². The van der Waals surface area contributed by atoms with E-state index in [1.807, 2.05) is 18.7 Å². The molecule has 9 heteroatoms. The fourth-order valence-corrected chi connectivity index (χ4v) is 4.29. The minimum atomic E-state index is 0.0230. The van der Waals surface area contributed by atoms with Crippen LogP contribution < -0.4 is 15.4 Å². The number of rotatable bonds is 4. The lowest BCUT2D eigenvalue weighted by atomic mass is 9.77. The molecule has 0 unspecified atom stereocenters. The summed E-state index contributed by atoms with van der Waals surface area (Å²) in [5.74, 6) is 2.44. The van der Waals surface area contributed by atoms with Crippen molar-refractivity contribution >= 4 is 17.7 Å². The Morgan fingerprint density at radius 3 is 2.68 bits per heavy atom. The maximum absolute atomic E-state index is 12.7. The molecule has 2 aromatic rings. The Kier molecular flexibility index (Phi) is 4.60. The van der Waals surface area contributed by atoms with Crippen LogP contribution in [0.1, 0.15) is 36.3 Å². The molecular weight excluding hydrogens is 360 g/mol. The van der Waals surface area contributed by atoms with Gasteiger partial charge in [0, 0.05) is 43.1 Å². The molecule has 2 aliphatic rings. The summed E-state index contributed by atoms with van der Waals surface area (Å²) < 4.78 is 10.4. The van der Waals surface area contributed by atoms with E-state index in [1.54, 1.807) is 13.2 Å². The van der Waals surface area contributed by atoms with Crippen molar-refractivity contribution < 1.29 is 14.1 Å². The second-order valence-electron chi connectivity index (χ2n) is 7.84. The zero-order chi connectivity index (χ0) is 19.9. The number of carbonyl (C=O) groups is 1. The number of nitrogens with two attached hydrogens (primary N) is 1. The van der Waals surface area contributed by atoms with Gasteiger partial charge in [-0.3, -0.25) is 4.79 Å². The van der Waals surface area contributed by atoms with E-state index in [-0.39, 0.29) is 17.3 Å². The molecule has 0 bridgehead atoms. The topological polar surface area (TPSA) is 111 Å². The van der Waals surface area contributed by atoms with Gasteiger partial charge < -0.3 is 24.8 Å². The molecule has 28 heavy (non-hydrogen) atoms. The van der Waals surface area contributed by atoms with Crippen LogP contribution in [0.3, 0.4) is 0 Å². The maximum Gasteiger partial charge on any atom is 0.225 e. The lowest BCUT2D eigenvalue weighted by molar-refractivity contribution is -0.128. The van der Waals surface area contributed by atoms with E-state index in [2.05, 4.69) is 20.0 Å². The predicted octanol–water partition coefficient (Wildman–Crippen LogP) is 1.69. The average molecular weight is 386 g/mol. The van der Waals surface area contributed by atoms with Crippen LogP contribution in [-0.4, -0.2) is 52.7 Å². The molecule has 2 N–H and O–H groups in total. The van der Waals surface area contributed by atoms with E-state index in [1.165, 1.54) is 0 Å². The molecule has 0 radical (unpaired) electrons. The Morgan fingerprint density at radius 2 is 2.04 bits per heavy atom. The summed E-state index contributed by atoms with van der Waals surface area (Å²) in [7, 11) is 1.56. The summed E-state index contributed by atoms with van der Waals surface area (Å²) in [5.41, 5.74) is 7.69. The third-order valence-electron chi connectivity index (χ3n) is 6.00. The predicted molar refractivity (Wildman–Crippen MR) is 103 cm³/mol. The number of nitrogen functional groups attached to an aromatic ring is 1. The molecule has 2 aliphatic heterocycles. The highest BCUT2D eigenvalue weighted by molar-refractivity contribution is 5.79. The molecule has 1 amide bonds. The Morgan fingerprint density at radius 1 is 1.29 bits per heavy atom. The van der Waals surface area contributed by atoms with E-state index >= 15 is 0 Å². The van der Waals surface area contributed by atoms with Crippen LogP contribution in [0.2, 0.25) is 0 Å². The van der Waals surface area contributed by atoms with Gasteiger partial charge in [-0.1, -0.05) is 5.16 Å². The van der Waals surface area contributed by atoms with Crippen molar-refractivity contribution in [2.24, 2.45) is 5.41 Å². The number of aromatic nitrogens is 3. The van der Waals surface area contributed by atoms with Crippen LogP contribution in [-0.2, 0) is 11.3 Å². The minimum Gasteiger partial charge on any atom is -0.481 e. The van der Waals surface area contributed by atoms with Crippen molar-refractivity contribution in [3.05, 3.63) is 23.1 Å². The number of aryl methyl sites for hydroxylation is 2. The zero-order valence-electron chi connectivity index (χ0n) is 16.6. The van der Waals surface area contributed by atoms with Crippen LogP contribution in [0.4, 0.5) is 11.8 Å². The van der Waals surface area contributed by atoms with Gasteiger partial charge in [-0.05, 0) is 26.7 Å². The van der Waals surface area contributed by atoms with Gasteiger partial charge >= 0.3 is 0 Å². The summed E-state index contributed by atoms with van der Waals surface area (Å²) in [5, 5.41) is 4.00. The lowest BCUT2D eigenvalue weighted by Gasteiger charge is -2.39. The first-order chi connectivity index (χ1) is 13.4. The fourth-order valence-electron chi connectivity index (χ4n) is 4.29. The summed E-state index contributed by atoms with van der Waals surface area (Å²) >= 11 is 0. The third kappa shape index (κ3) is 3.36. The van der Waals surface area contributed by atoms with Crippen LogP contribution >= 0.6 is 0 Å². The van der Waals surface area contributed by atoms with Crippen LogP contribution in [0.5, 0.6) is 5.88 Å². The molecule has 9 nitrogen and oxygen atoms in total. The monoisotopic (exact) mass is 386 g/mol. The van der Waals surface area contributed by atoms with Gasteiger partial charge in [0.1, 0.15) is 11.6 Å². The maximum atomic E-state index is 12.7. The van der Waals surface area contributed by atoms with Gasteiger partial charge in [0.05, 0.1) is 19.3 Å². The molecule has 4 heterocycles. The highest BCUT2D eigenvalue weighted by Gasteiger charge is 2.45. The van der Waals surface area contributed by atoms with Crippen molar-refractivity contribution in [2.45, 2.75) is 39.7 Å². The largest absolute Gasteiger partial charge is 0.481 e. The molecule has 0 atom stereocenters. The second-order valence-corrected chi connectivity index (χ2v) is 7.84. The SMILES string of the molecule is COc1cc(N2CCC3(CC2)CC(=O)N(Cc2c(C)noc2C)C3)nc(N)n1. The molecule has 4 rings (SSSR count). The first-order valence-corrected chi connectivity index (χ1v) is 9.52. The first-order valence-electron chi connectivity index (χ1n) is 9.52. The van der Waals surface area contributed by atoms with Crippen LogP contribution in [0, 0.1) is 19.3 Å². The number of ether oxygens (including phenoxy) is 1. The number of nitrogens with zero attached hydrogens (tertiary/aromatic N) is 5. The van der Waals surface area contributed by atoms with Crippen molar-refractivity contribution in [3.8, 4) is 5.88 Å². The van der Waals surface area contributed by atoms with Gasteiger partial charge in [-0.2, -0.15) is 9.97 Å². The third-order valence-corrected chi connectivity index (χ3v) is 6.00. The highest BCUT2D eigenvalue weighted by Crippen LogP contribution is 2.42. The molecule has 0 aliphatic carbocycles. The van der Waals surface area contributed by atoms with Crippen molar-refractivity contribution in [1.29, 1.82) is 0 Å². The smallest absolute Gasteiger partial charge is 0.225 e. The zero-order valence-corrected chi connectivity index (χ0v) is 16.6. The average Bonchev–Trinajstić information content (AvgIpc) is 3.15. The number of likely N-dealkylation sites (tertiary alicyclic amines) is 1. The Bertz CT molecular complexity index is 868. The number of hydrogen-bond acceptors (Lipinski definition) is 8. The molecule has 2 aromatic heterocycles. The van der Waals surface area contributed by atoms with E-state index in [4.69, 9.17) is 15.0 Å². The number of carbonyl (C=O) groups excluding carboxylic acids is 1. The van der Waals surface area contributed by atoms with E-state index in [0.717, 1.165) is 55.3 Å². The first kappa shape index (κ1) is 18.5. The molecule has 0 saturated carbocycles. The van der Waals surface area contributed by atoms with E-state index in [9.17, 15) is 4.79 Å². The number of amides is 1. The summed E-state index contributed by atoms with van der Waals surface area (Å²) in [6.45, 7) is 6.82. The lowest BCUT2D eigenvalue weighted by Crippen LogP contribution is -2.42. The Labute approximate surface area is 163 Å². The summed E-state index contributed by atoms with van der Waals surface area (Å²) in [4.78, 5) is 25.2. The van der Waals surface area contributed by atoms with Crippen LogP contribution in [0.15, 0.2) is 10.6 Å². The van der Waals surface area contributed by atoms with Crippen molar-refractivity contribution in [1.82, 2.24) is 20.0 Å². The molecule has 0 aromatic carbocycles. The van der Waals surface area contributed by atoms with Gasteiger partial charge in [-0.15, -0.1) is 0 Å². The number of anilines is 2. The van der Waals surface area contributed by atoms with Gasteiger partial charge in [0.25, 0.3) is 0 Å². The highest BCUT2D eigenvalue weighted by atomic mass is 16.5. The number of piperidine rings is 1. The van der Waals surface area contributed by atoms with Crippen molar-refractivity contribution in [3.63, 3.8) is 0 Å². The van der Waals surface area contributed by atoms with Gasteiger partial charge in [-0.25, -0.2) is 0 Å². The fraction of sp³-hybridized carbons (Fsp3) is 0.579. The molecular formula is C19H26N6O3. The normalized spacial score (nSPS) is 18.9. The molecule has 2 fully saturated rings.